The van der Waals surface area contributed by atoms with Crippen LogP contribution in [0.15, 0.2) is 18.5 Å². The molecule has 92 valence electrons. The molecule has 0 fully saturated rings. The first kappa shape index (κ1) is 13.2. The van der Waals surface area contributed by atoms with Gasteiger partial charge in [-0.05, 0) is 31.0 Å². The van der Waals surface area contributed by atoms with Crippen LogP contribution in [0, 0.1) is 0 Å². The third-order valence-corrected chi connectivity index (χ3v) is 2.38. The average molecular weight is 226 g/mol. The first-order chi connectivity index (χ1) is 7.86. The monoisotopic (exact) mass is 226 g/mol. The van der Waals surface area contributed by atoms with Gasteiger partial charge in [-0.3, -0.25) is 0 Å². The molecular weight excluding hydrogens is 204 g/mol. The minimum absolute atomic E-state index is 0.671. The molecular formula is C12H22N2O2. The summed E-state index contributed by atoms with van der Waals surface area (Å²) in [6.07, 6.45) is 6.24. The van der Waals surface area contributed by atoms with Gasteiger partial charge in [0.1, 0.15) is 0 Å². The highest BCUT2D eigenvalue weighted by molar-refractivity contribution is 5.10. The third kappa shape index (κ3) is 5.30. The fourth-order valence-electron chi connectivity index (χ4n) is 1.54. The van der Waals surface area contributed by atoms with Crippen molar-refractivity contribution in [2.45, 2.75) is 19.4 Å². The molecule has 0 atom stereocenters. The zero-order valence-electron chi connectivity index (χ0n) is 10.0. The Labute approximate surface area is 97.3 Å². The molecule has 4 nitrogen and oxygen atoms in total. The predicted molar refractivity (Wildman–Crippen MR) is 64.5 cm³/mol. The van der Waals surface area contributed by atoms with E-state index in [4.69, 9.17) is 15.2 Å². The van der Waals surface area contributed by atoms with Crippen molar-refractivity contribution in [1.82, 2.24) is 4.57 Å². The molecule has 0 saturated heterocycles. The minimum Gasteiger partial charge on any atom is -0.382 e. The van der Waals surface area contributed by atoms with Crippen molar-refractivity contribution < 1.29 is 9.47 Å². The number of hydrogen-bond acceptors (Lipinski definition) is 3. The molecule has 0 saturated carbocycles. The summed E-state index contributed by atoms with van der Waals surface area (Å²) in [6.45, 7) is 3.85. The Kier molecular flexibility index (Phi) is 6.88. The number of methoxy groups -OCH3 is 1. The van der Waals surface area contributed by atoms with Crippen molar-refractivity contribution in [3.05, 3.63) is 24.0 Å². The maximum atomic E-state index is 5.50. The van der Waals surface area contributed by atoms with Crippen LogP contribution in [-0.4, -0.2) is 38.0 Å². The van der Waals surface area contributed by atoms with Crippen LogP contribution < -0.4 is 5.73 Å². The van der Waals surface area contributed by atoms with Gasteiger partial charge in [0.15, 0.2) is 0 Å². The lowest BCUT2D eigenvalue weighted by Gasteiger charge is -2.04. The smallest absolute Gasteiger partial charge is 0.0700 e. The number of ether oxygens (including phenoxy) is 2. The topological polar surface area (TPSA) is 49.4 Å². The lowest BCUT2D eigenvalue weighted by Crippen LogP contribution is -2.05. The summed E-state index contributed by atoms with van der Waals surface area (Å²) >= 11 is 0. The van der Waals surface area contributed by atoms with Crippen molar-refractivity contribution in [3.8, 4) is 0 Å². The number of nitrogens with zero attached hydrogens (tertiary/aromatic N) is 1. The highest BCUT2D eigenvalue weighted by Crippen LogP contribution is 2.02. The summed E-state index contributed by atoms with van der Waals surface area (Å²) in [6, 6.07) is 2.12. The van der Waals surface area contributed by atoms with Gasteiger partial charge in [-0.15, -0.1) is 0 Å². The normalized spacial score (nSPS) is 10.9. The maximum Gasteiger partial charge on any atom is 0.0700 e. The van der Waals surface area contributed by atoms with Crippen LogP contribution in [0.25, 0.3) is 0 Å². The van der Waals surface area contributed by atoms with Crippen molar-refractivity contribution in [2.24, 2.45) is 5.73 Å². The van der Waals surface area contributed by atoms with Crippen LogP contribution >= 0.6 is 0 Å². The summed E-state index contributed by atoms with van der Waals surface area (Å²) in [4.78, 5) is 0. The molecule has 2 N–H and O–H groups in total. The van der Waals surface area contributed by atoms with Gasteiger partial charge in [0.05, 0.1) is 13.2 Å². The van der Waals surface area contributed by atoms with Crippen molar-refractivity contribution in [1.29, 1.82) is 0 Å². The zero-order valence-corrected chi connectivity index (χ0v) is 10.0. The van der Waals surface area contributed by atoms with E-state index in [1.165, 1.54) is 5.56 Å². The molecule has 1 aromatic heterocycles. The molecule has 0 amide bonds. The Balaban J connectivity index is 2.07. The van der Waals surface area contributed by atoms with E-state index in [2.05, 4.69) is 23.0 Å². The van der Waals surface area contributed by atoms with Crippen LogP contribution in [-0.2, 0) is 22.4 Å². The first-order valence-electron chi connectivity index (χ1n) is 5.78. The SMILES string of the molecule is COCCOCCCn1ccc(CCN)c1. The quantitative estimate of drug-likeness (QED) is 0.640. The Bertz CT molecular complexity index is 274. The van der Waals surface area contributed by atoms with E-state index in [0.717, 1.165) is 26.0 Å². The molecule has 0 spiro atoms. The molecule has 0 aliphatic carbocycles. The van der Waals surface area contributed by atoms with Crippen LogP contribution in [0.5, 0.6) is 0 Å². The molecule has 0 unspecified atom stereocenters. The fraction of sp³-hybridized carbons (Fsp3) is 0.667. The van der Waals surface area contributed by atoms with E-state index in [9.17, 15) is 0 Å². The van der Waals surface area contributed by atoms with Crippen molar-refractivity contribution >= 4 is 0 Å². The molecule has 16 heavy (non-hydrogen) atoms. The van der Waals surface area contributed by atoms with Gasteiger partial charge in [0.25, 0.3) is 0 Å². The molecule has 1 heterocycles. The summed E-state index contributed by atoms with van der Waals surface area (Å²) in [5.74, 6) is 0. The van der Waals surface area contributed by atoms with E-state index in [1.54, 1.807) is 7.11 Å². The summed E-state index contributed by atoms with van der Waals surface area (Å²) in [5.41, 5.74) is 6.81. The van der Waals surface area contributed by atoms with E-state index in [1.807, 2.05) is 0 Å². The summed E-state index contributed by atoms with van der Waals surface area (Å²) in [7, 11) is 1.68. The molecule has 0 aliphatic rings. The summed E-state index contributed by atoms with van der Waals surface area (Å²) < 4.78 is 12.5. The van der Waals surface area contributed by atoms with Gasteiger partial charge in [-0.2, -0.15) is 0 Å². The Morgan fingerprint density at radius 1 is 1.31 bits per heavy atom. The van der Waals surface area contributed by atoms with Crippen LogP contribution in [0.1, 0.15) is 12.0 Å². The molecule has 4 heteroatoms. The second-order valence-electron chi connectivity index (χ2n) is 3.75. The largest absolute Gasteiger partial charge is 0.382 e. The Hall–Kier alpha value is -0.840. The number of nitrogens with two attached hydrogens (primary N) is 1. The van der Waals surface area contributed by atoms with Gasteiger partial charge in [0.2, 0.25) is 0 Å². The van der Waals surface area contributed by atoms with E-state index in [0.29, 0.717) is 19.8 Å². The van der Waals surface area contributed by atoms with Crippen LogP contribution in [0.4, 0.5) is 0 Å². The first-order valence-corrected chi connectivity index (χ1v) is 5.78. The summed E-state index contributed by atoms with van der Waals surface area (Å²) in [5, 5.41) is 0. The molecule has 0 aliphatic heterocycles. The molecule has 0 bridgehead atoms. The number of aromatic nitrogens is 1. The highest BCUT2D eigenvalue weighted by atomic mass is 16.5. The second-order valence-corrected chi connectivity index (χ2v) is 3.75. The molecule has 1 rings (SSSR count). The van der Waals surface area contributed by atoms with Crippen LogP contribution in [0.2, 0.25) is 0 Å². The molecule has 0 radical (unpaired) electrons. The third-order valence-electron chi connectivity index (χ3n) is 2.38. The molecule has 1 aromatic rings. The van der Waals surface area contributed by atoms with Gasteiger partial charge < -0.3 is 19.8 Å². The van der Waals surface area contributed by atoms with Gasteiger partial charge >= 0.3 is 0 Å². The van der Waals surface area contributed by atoms with E-state index < -0.39 is 0 Å². The second kappa shape index (κ2) is 8.33. The standard InChI is InChI=1S/C12H22N2O2/c1-15-9-10-16-8-2-6-14-7-4-12(11-14)3-5-13/h4,7,11H,2-3,5-6,8-10,13H2,1H3. The van der Waals surface area contributed by atoms with Gasteiger partial charge in [0, 0.05) is 32.7 Å². The van der Waals surface area contributed by atoms with Gasteiger partial charge in [-0.1, -0.05) is 0 Å². The number of hydrogen-bond donors (Lipinski definition) is 1. The fourth-order valence-corrected chi connectivity index (χ4v) is 1.54. The van der Waals surface area contributed by atoms with Crippen molar-refractivity contribution in [2.75, 3.05) is 33.5 Å². The average Bonchev–Trinajstić information content (AvgIpc) is 2.72. The lowest BCUT2D eigenvalue weighted by atomic mass is 10.2. The van der Waals surface area contributed by atoms with Gasteiger partial charge in [-0.25, -0.2) is 0 Å². The zero-order chi connectivity index (χ0) is 11.6. The maximum absolute atomic E-state index is 5.50. The molecule has 0 aromatic carbocycles. The lowest BCUT2D eigenvalue weighted by molar-refractivity contribution is 0.0680. The van der Waals surface area contributed by atoms with E-state index in [-0.39, 0.29) is 0 Å². The predicted octanol–water partition coefficient (Wildman–Crippen LogP) is 1.04. The minimum atomic E-state index is 0.671. The number of rotatable bonds is 9. The Morgan fingerprint density at radius 2 is 2.19 bits per heavy atom. The van der Waals surface area contributed by atoms with Crippen LogP contribution in [0.3, 0.4) is 0 Å². The van der Waals surface area contributed by atoms with E-state index >= 15 is 0 Å². The number of aryl methyl sites for hydroxylation is 1. The highest BCUT2D eigenvalue weighted by Gasteiger charge is 1.96. The van der Waals surface area contributed by atoms with Crippen molar-refractivity contribution in [3.63, 3.8) is 0 Å². The Morgan fingerprint density at radius 3 is 2.94 bits per heavy atom.